The molecular weight excluding hydrogens is 461 g/mol. The van der Waals surface area contributed by atoms with E-state index in [0.717, 1.165) is 27.8 Å². The van der Waals surface area contributed by atoms with Crippen molar-refractivity contribution in [3.05, 3.63) is 83.2 Å². The smallest absolute Gasteiger partial charge is 0.323 e. The van der Waals surface area contributed by atoms with Crippen molar-refractivity contribution in [3.63, 3.8) is 0 Å². The molecule has 4 aromatic rings. The van der Waals surface area contributed by atoms with Crippen LogP contribution in [0.1, 0.15) is 30.5 Å². The number of nitrogens with one attached hydrogen (secondary N) is 1. The third-order valence-electron chi connectivity index (χ3n) is 6.08. The fourth-order valence-electron chi connectivity index (χ4n) is 3.82. The molecule has 0 aliphatic carbocycles. The summed E-state index contributed by atoms with van der Waals surface area (Å²) in [6, 6.07) is 18.6. The molecular formula is C28H28FN3O4. The standard InChI is InChI=1S/C28H28FN3O4/c1-17-7-5-6-8-22(17)23-12-11-19(13-21(23)16-35-4)26-31-25(32-36-26)18-9-10-20(24(29)14-18)15-30-28(2,3)27(33)34/h5-14,30H,15-16H2,1-4H3,(H,33,34). The highest BCUT2D eigenvalue weighted by molar-refractivity contribution is 5.77. The van der Waals surface area contributed by atoms with Crippen molar-refractivity contribution >= 4 is 5.97 Å². The molecule has 0 saturated heterocycles. The lowest BCUT2D eigenvalue weighted by atomic mass is 9.94. The summed E-state index contributed by atoms with van der Waals surface area (Å²) in [7, 11) is 1.65. The summed E-state index contributed by atoms with van der Waals surface area (Å²) < 4.78 is 25.7. The fourth-order valence-corrected chi connectivity index (χ4v) is 3.82. The summed E-state index contributed by atoms with van der Waals surface area (Å²) >= 11 is 0. The van der Waals surface area contributed by atoms with Crippen LogP contribution in [0.4, 0.5) is 4.39 Å². The molecule has 4 rings (SSSR count). The van der Waals surface area contributed by atoms with E-state index in [-0.39, 0.29) is 12.4 Å². The zero-order valence-corrected chi connectivity index (χ0v) is 20.6. The van der Waals surface area contributed by atoms with E-state index in [4.69, 9.17) is 9.26 Å². The molecule has 186 valence electrons. The maximum atomic E-state index is 14.7. The lowest BCUT2D eigenvalue weighted by molar-refractivity contribution is -0.143. The van der Waals surface area contributed by atoms with Crippen LogP contribution in [0, 0.1) is 12.7 Å². The van der Waals surface area contributed by atoms with E-state index < -0.39 is 17.3 Å². The number of methoxy groups -OCH3 is 1. The average Bonchev–Trinajstić information content (AvgIpc) is 3.34. The zero-order chi connectivity index (χ0) is 25.9. The molecule has 2 N–H and O–H groups in total. The number of nitrogens with zero attached hydrogens (tertiary/aromatic N) is 2. The fraction of sp³-hybridized carbons (Fsp3) is 0.250. The van der Waals surface area contributed by atoms with Gasteiger partial charge in [-0.3, -0.25) is 10.1 Å². The van der Waals surface area contributed by atoms with E-state index >= 15 is 0 Å². The Kier molecular flexibility index (Phi) is 7.28. The third-order valence-corrected chi connectivity index (χ3v) is 6.08. The van der Waals surface area contributed by atoms with Crippen molar-refractivity contribution in [3.8, 4) is 34.0 Å². The minimum atomic E-state index is -1.18. The number of halogens is 1. The summed E-state index contributed by atoms with van der Waals surface area (Å²) in [5.74, 6) is -0.935. The van der Waals surface area contributed by atoms with E-state index in [9.17, 15) is 14.3 Å². The number of carbonyl (C=O) groups is 1. The van der Waals surface area contributed by atoms with Crippen LogP contribution in [0.25, 0.3) is 34.0 Å². The van der Waals surface area contributed by atoms with Crippen LogP contribution in [-0.2, 0) is 22.7 Å². The number of hydrogen-bond acceptors (Lipinski definition) is 6. The molecule has 8 heteroatoms. The van der Waals surface area contributed by atoms with E-state index in [1.165, 1.54) is 19.9 Å². The normalized spacial score (nSPS) is 11.6. The van der Waals surface area contributed by atoms with Crippen LogP contribution >= 0.6 is 0 Å². The Morgan fingerprint density at radius 3 is 2.50 bits per heavy atom. The second-order valence-corrected chi connectivity index (χ2v) is 9.13. The van der Waals surface area contributed by atoms with Gasteiger partial charge in [0.15, 0.2) is 0 Å². The van der Waals surface area contributed by atoms with Gasteiger partial charge in [0.05, 0.1) is 6.61 Å². The molecule has 1 heterocycles. The van der Waals surface area contributed by atoms with Gasteiger partial charge in [0.1, 0.15) is 11.4 Å². The van der Waals surface area contributed by atoms with Crippen molar-refractivity contribution in [2.45, 2.75) is 39.5 Å². The molecule has 0 spiro atoms. The van der Waals surface area contributed by atoms with Gasteiger partial charge in [-0.25, -0.2) is 4.39 Å². The number of carboxylic acids is 1. The van der Waals surface area contributed by atoms with Crippen molar-refractivity contribution in [2.24, 2.45) is 0 Å². The summed E-state index contributed by atoms with van der Waals surface area (Å²) in [4.78, 5) is 15.7. The summed E-state index contributed by atoms with van der Waals surface area (Å²) in [6.45, 7) is 5.59. The maximum Gasteiger partial charge on any atom is 0.323 e. The molecule has 3 aromatic carbocycles. The van der Waals surface area contributed by atoms with Gasteiger partial charge < -0.3 is 14.4 Å². The monoisotopic (exact) mass is 489 g/mol. The summed E-state index contributed by atoms with van der Waals surface area (Å²) in [5.41, 5.74) is 4.69. The minimum absolute atomic E-state index is 0.0679. The first-order chi connectivity index (χ1) is 17.2. The van der Waals surface area contributed by atoms with Crippen LogP contribution in [0.5, 0.6) is 0 Å². The first-order valence-corrected chi connectivity index (χ1v) is 11.5. The quantitative estimate of drug-likeness (QED) is 0.315. The highest BCUT2D eigenvalue weighted by atomic mass is 19.1. The molecule has 0 aliphatic rings. The van der Waals surface area contributed by atoms with Gasteiger partial charge in [0, 0.05) is 30.3 Å². The predicted molar refractivity (Wildman–Crippen MR) is 135 cm³/mol. The Bertz CT molecular complexity index is 1400. The molecule has 0 radical (unpaired) electrons. The Hall–Kier alpha value is -3.88. The molecule has 7 nitrogen and oxygen atoms in total. The predicted octanol–water partition coefficient (Wildman–Crippen LogP) is 5.62. The summed E-state index contributed by atoms with van der Waals surface area (Å²) in [6.07, 6.45) is 0. The van der Waals surface area contributed by atoms with Crippen LogP contribution in [0.15, 0.2) is 65.2 Å². The molecule has 0 aliphatic heterocycles. The minimum Gasteiger partial charge on any atom is -0.480 e. The molecule has 0 unspecified atom stereocenters. The molecule has 36 heavy (non-hydrogen) atoms. The second-order valence-electron chi connectivity index (χ2n) is 9.13. The van der Waals surface area contributed by atoms with Crippen LogP contribution in [-0.4, -0.2) is 33.9 Å². The van der Waals surface area contributed by atoms with Gasteiger partial charge in [-0.05, 0) is 61.2 Å². The highest BCUT2D eigenvalue weighted by Gasteiger charge is 2.26. The number of hydrogen-bond donors (Lipinski definition) is 2. The van der Waals surface area contributed by atoms with Crippen LogP contribution in [0.3, 0.4) is 0 Å². The van der Waals surface area contributed by atoms with Crippen molar-refractivity contribution in [2.75, 3.05) is 7.11 Å². The van der Waals surface area contributed by atoms with Crippen molar-refractivity contribution < 1.29 is 23.6 Å². The average molecular weight is 490 g/mol. The molecule has 0 amide bonds. The molecule has 0 atom stereocenters. The first-order valence-electron chi connectivity index (χ1n) is 11.5. The topological polar surface area (TPSA) is 97.5 Å². The second kappa shape index (κ2) is 10.4. The SMILES string of the molecule is COCc1cc(-c2nc(-c3ccc(CNC(C)(C)C(=O)O)c(F)c3)no2)ccc1-c1ccccc1C. The molecule has 0 saturated carbocycles. The Labute approximate surface area is 208 Å². The third kappa shape index (κ3) is 5.35. The van der Waals surface area contributed by atoms with E-state index in [1.54, 1.807) is 19.2 Å². The van der Waals surface area contributed by atoms with E-state index in [1.807, 2.05) is 30.3 Å². The van der Waals surface area contributed by atoms with Gasteiger partial charge in [-0.1, -0.05) is 47.6 Å². The lowest BCUT2D eigenvalue weighted by Crippen LogP contribution is -2.46. The first kappa shape index (κ1) is 25.2. The number of rotatable bonds is 9. The molecule has 0 fully saturated rings. The van der Waals surface area contributed by atoms with E-state index in [0.29, 0.717) is 23.6 Å². The van der Waals surface area contributed by atoms with E-state index in [2.05, 4.69) is 34.5 Å². The number of benzene rings is 3. The maximum absolute atomic E-state index is 14.7. The van der Waals surface area contributed by atoms with Crippen LogP contribution < -0.4 is 5.32 Å². The number of aryl methyl sites for hydroxylation is 1. The van der Waals surface area contributed by atoms with Crippen molar-refractivity contribution in [1.29, 1.82) is 0 Å². The van der Waals surface area contributed by atoms with Gasteiger partial charge in [-0.15, -0.1) is 0 Å². The van der Waals surface area contributed by atoms with Gasteiger partial charge in [-0.2, -0.15) is 4.98 Å². The Balaban J connectivity index is 1.58. The largest absolute Gasteiger partial charge is 0.480 e. The number of aliphatic carboxylic acids is 1. The highest BCUT2D eigenvalue weighted by Crippen LogP contribution is 2.32. The Morgan fingerprint density at radius 1 is 1.06 bits per heavy atom. The number of ether oxygens (including phenoxy) is 1. The number of aromatic nitrogens is 2. The molecule has 1 aromatic heterocycles. The van der Waals surface area contributed by atoms with Gasteiger partial charge in [0.2, 0.25) is 5.82 Å². The zero-order valence-electron chi connectivity index (χ0n) is 20.6. The van der Waals surface area contributed by atoms with Crippen LogP contribution in [0.2, 0.25) is 0 Å². The lowest BCUT2D eigenvalue weighted by Gasteiger charge is -2.21. The van der Waals surface area contributed by atoms with Gasteiger partial charge >= 0.3 is 5.97 Å². The molecule has 0 bridgehead atoms. The van der Waals surface area contributed by atoms with Gasteiger partial charge in [0.25, 0.3) is 5.89 Å². The number of carboxylic acid groups (broad SMARTS) is 1. The Morgan fingerprint density at radius 2 is 1.81 bits per heavy atom. The summed E-state index contributed by atoms with van der Waals surface area (Å²) in [5, 5.41) is 16.1. The van der Waals surface area contributed by atoms with Crippen molar-refractivity contribution in [1.82, 2.24) is 15.5 Å².